The number of rotatable bonds is 3. The van der Waals surface area contributed by atoms with Crippen molar-refractivity contribution in [2.24, 2.45) is 11.8 Å². The molecule has 0 radical (unpaired) electrons. The van der Waals surface area contributed by atoms with Crippen molar-refractivity contribution >= 4 is 44.3 Å². The van der Waals surface area contributed by atoms with Crippen molar-refractivity contribution in [1.29, 1.82) is 0 Å². The van der Waals surface area contributed by atoms with Gasteiger partial charge >= 0.3 is 5.97 Å². The molecule has 1 aromatic rings. The number of nitrogens with zero attached hydrogens (tertiary/aromatic N) is 1. The number of aromatic nitrogens is 1. The molecule has 1 saturated carbocycles. The van der Waals surface area contributed by atoms with Crippen LogP contribution in [0.3, 0.4) is 0 Å². The zero-order chi connectivity index (χ0) is 12.4. The van der Waals surface area contributed by atoms with Gasteiger partial charge in [0, 0.05) is 0 Å². The summed E-state index contributed by atoms with van der Waals surface area (Å²) in [6.45, 7) is 0. The monoisotopic (exact) mass is 318 g/mol. The first-order valence-corrected chi connectivity index (χ1v) is 6.84. The molecule has 0 bridgehead atoms. The van der Waals surface area contributed by atoms with Crippen LogP contribution < -0.4 is 5.32 Å². The van der Waals surface area contributed by atoms with E-state index in [4.69, 9.17) is 5.11 Å². The number of hydrogen-bond donors (Lipinski definition) is 2. The molecule has 2 rings (SSSR count). The number of carbonyl (C=O) groups excluding carboxylic acids is 1. The SMILES string of the molecule is O=C(O)C1CCCC1C(=O)Nc1ncc(Br)s1. The summed E-state index contributed by atoms with van der Waals surface area (Å²) in [6.07, 6.45) is 3.60. The highest BCUT2D eigenvalue weighted by atomic mass is 79.9. The van der Waals surface area contributed by atoms with Crippen molar-refractivity contribution in [2.75, 3.05) is 5.32 Å². The van der Waals surface area contributed by atoms with E-state index in [0.29, 0.717) is 18.0 Å². The Balaban J connectivity index is 2.02. The summed E-state index contributed by atoms with van der Waals surface area (Å²) < 4.78 is 0.828. The molecule has 1 fully saturated rings. The molecule has 0 aromatic carbocycles. The van der Waals surface area contributed by atoms with Crippen molar-refractivity contribution in [2.45, 2.75) is 19.3 Å². The van der Waals surface area contributed by atoms with Crippen molar-refractivity contribution in [3.05, 3.63) is 9.98 Å². The minimum atomic E-state index is -0.886. The number of aliphatic carboxylic acids is 1. The summed E-state index contributed by atoms with van der Waals surface area (Å²) in [4.78, 5) is 26.9. The fraction of sp³-hybridized carbons (Fsp3) is 0.500. The van der Waals surface area contributed by atoms with Crippen LogP contribution in [0.25, 0.3) is 0 Å². The molecule has 2 N–H and O–H groups in total. The molecule has 1 amide bonds. The Kier molecular flexibility index (Phi) is 3.78. The summed E-state index contributed by atoms with van der Waals surface area (Å²) >= 11 is 4.56. The van der Waals surface area contributed by atoms with Crippen molar-refractivity contribution in [3.8, 4) is 0 Å². The van der Waals surface area contributed by atoms with Gasteiger partial charge in [0.25, 0.3) is 0 Å². The number of halogens is 1. The lowest BCUT2D eigenvalue weighted by molar-refractivity contribution is -0.145. The average Bonchev–Trinajstić information content (AvgIpc) is 2.86. The van der Waals surface area contributed by atoms with Gasteiger partial charge in [0.1, 0.15) is 0 Å². The number of amides is 1. The van der Waals surface area contributed by atoms with Crippen molar-refractivity contribution in [1.82, 2.24) is 4.98 Å². The van der Waals surface area contributed by atoms with E-state index in [1.807, 2.05) is 0 Å². The Labute approximate surface area is 110 Å². The second-order valence-electron chi connectivity index (χ2n) is 3.94. The number of nitrogens with one attached hydrogen (secondary N) is 1. The van der Waals surface area contributed by atoms with E-state index in [9.17, 15) is 9.59 Å². The van der Waals surface area contributed by atoms with Gasteiger partial charge in [0.15, 0.2) is 5.13 Å². The van der Waals surface area contributed by atoms with E-state index in [-0.39, 0.29) is 5.91 Å². The van der Waals surface area contributed by atoms with Crippen LogP contribution in [0.5, 0.6) is 0 Å². The molecule has 2 unspecified atom stereocenters. The maximum absolute atomic E-state index is 11.9. The van der Waals surface area contributed by atoms with Crippen molar-refractivity contribution < 1.29 is 14.7 Å². The summed E-state index contributed by atoms with van der Waals surface area (Å²) in [7, 11) is 0. The van der Waals surface area contributed by atoms with Crippen LogP contribution in [0.4, 0.5) is 5.13 Å². The predicted molar refractivity (Wildman–Crippen MR) is 66.9 cm³/mol. The maximum atomic E-state index is 11.9. The molecule has 7 heteroatoms. The quantitative estimate of drug-likeness (QED) is 0.896. The fourth-order valence-electron chi connectivity index (χ4n) is 2.08. The van der Waals surface area contributed by atoms with Gasteiger partial charge in [-0.3, -0.25) is 9.59 Å². The summed E-state index contributed by atoms with van der Waals surface area (Å²) in [5, 5.41) is 12.2. The third kappa shape index (κ3) is 2.84. The zero-order valence-corrected chi connectivity index (χ0v) is 11.3. The minimum absolute atomic E-state index is 0.239. The third-order valence-electron chi connectivity index (χ3n) is 2.88. The Morgan fingerprint density at radius 1 is 1.47 bits per heavy atom. The molecule has 1 aliphatic rings. The predicted octanol–water partition coefficient (Wildman–Crippen LogP) is 2.34. The van der Waals surface area contributed by atoms with Gasteiger partial charge in [0.05, 0.1) is 21.8 Å². The first-order valence-electron chi connectivity index (χ1n) is 5.23. The first kappa shape index (κ1) is 12.5. The Hall–Kier alpha value is -0.950. The normalized spacial score (nSPS) is 23.6. The smallest absolute Gasteiger partial charge is 0.307 e. The molecule has 5 nitrogen and oxygen atoms in total. The van der Waals surface area contributed by atoms with Crippen LogP contribution in [0, 0.1) is 11.8 Å². The molecule has 0 aliphatic heterocycles. The lowest BCUT2D eigenvalue weighted by Gasteiger charge is -2.14. The second kappa shape index (κ2) is 5.14. The molecule has 92 valence electrons. The fourth-order valence-corrected chi connectivity index (χ4v) is 3.19. The third-order valence-corrected chi connectivity index (χ3v) is 4.27. The molecule has 2 atom stereocenters. The lowest BCUT2D eigenvalue weighted by Crippen LogP contribution is -2.29. The van der Waals surface area contributed by atoms with E-state index < -0.39 is 17.8 Å². The number of carboxylic acid groups (broad SMARTS) is 1. The van der Waals surface area contributed by atoms with E-state index in [1.54, 1.807) is 6.20 Å². The Bertz CT molecular complexity index is 449. The first-order chi connectivity index (χ1) is 8.08. The molecule has 17 heavy (non-hydrogen) atoms. The highest BCUT2D eigenvalue weighted by Gasteiger charge is 2.37. The average molecular weight is 319 g/mol. The topological polar surface area (TPSA) is 79.3 Å². The largest absolute Gasteiger partial charge is 0.481 e. The van der Waals surface area contributed by atoms with E-state index in [1.165, 1.54) is 11.3 Å². The number of thiazole rings is 1. The second-order valence-corrected chi connectivity index (χ2v) is 6.35. The van der Waals surface area contributed by atoms with E-state index >= 15 is 0 Å². The Morgan fingerprint density at radius 2 is 2.18 bits per heavy atom. The van der Waals surface area contributed by atoms with Crippen molar-refractivity contribution in [3.63, 3.8) is 0 Å². The maximum Gasteiger partial charge on any atom is 0.307 e. The molecule has 0 spiro atoms. The molecule has 1 heterocycles. The van der Waals surface area contributed by atoms with Gasteiger partial charge in [-0.2, -0.15) is 0 Å². The minimum Gasteiger partial charge on any atom is -0.481 e. The van der Waals surface area contributed by atoms with Gasteiger partial charge in [0.2, 0.25) is 5.91 Å². The van der Waals surface area contributed by atoms with Crippen LogP contribution in [0.1, 0.15) is 19.3 Å². The number of anilines is 1. The van der Waals surface area contributed by atoms with Crippen LogP contribution in [0.15, 0.2) is 9.98 Å². The zero-order valence-electron chi connectivity index (χ0n) is 8.85. The standard InChI is InChI=1S/C10H11BrN2O3S/c11-7-4-12-10(17-7)13-8(14)5-2-1-3-6(5)9(15)16/h4-6H,1-3H2,(H,15,16)(H,12,13,14). The van der Waals surface area contributed by atoms with Gasteiger partial charge in [-0.1, -0.05) is 17.8 Å². The van der Waals surface area contributed by atoms with Crippen LogP contribution in [-0.2, 0) is 9.59 Å². The molecular weight excluding hydrogens is 308 g/mol. The lowest BCUT2D eigenvalue weighted by atomic mass is 9.95. The molecule has 1 aromatic heterocycles. The Morgan fingerprint density at radius 3 is 2.76 bits per heavy atom. The van der Waals surface area contributed by atoms with Gasteiger partial charge in [-0.05, 0) is 28.8 Å². The van der Waals surface area contributed by atoms with Crippen LogP contribution >= 0.6 is 27.3 Å². The van der Waals surface area contributed by atoms with Gasteiger partial charge < -0.3 is 10.4 Å². The molecular formula is C10H11BrN2O3S. The molecule has 1 aliphatic carbocycles. The highest BCUT2D eigenvalue weighted by Crippen LogP contribution is 2.33. The molecule has 0 saturated heterocycles. The summed E-state index contributed by atoms with van der Waals surface area (Å²) in [5.74, 6) is -2.12. The number of carboxylic acids is 1. The number of carbonyl (C=O) groups is 2. The van der Waals surface area contributed by atoms with E-state index in [0.717, 1.165) is 10.2 Å². The number of hydrogen-bond acceptors (Lipinski definition) is 4. The van der Waals surface area contributed by atoms with E-state index in [2.05, 4.69) is 26.2 Å². The van der Waals surface area contributed by atoms with Crippen LogP contribution in [0.2, 0.25) is 0 Å². The summed E-state index contributed by atoms with van der Waals surface area (Å²) in [6, 6.07) is 0. The van der Waals surface area contributed by atoms with Gasteiger partial charge in [-0.15, -0.1) is 0 Å². The highest BCUT2D eigenvalue weighted by molar-refractivity contribution is 9.11. The van der Waals surface area contributed by atoms with Crippen LogP contribution in [-0.4, -0.2) is 22.0 Å². The van der Waals surface area contributed by atoms with Gasteiger partial charge in [-0.25, -0.2) is 4.98 Å². The summed E-state index contributed by atoms with van der Waals surface area (Å²) in [5.41, 5.74) is 0.